The van der Waals surface area contributed by atoms with Crippen LogP contribution in [0.15, 0.2) is 0 Å². The molecular formula is C15H33N3. The second-order valence-corrected chi connectivity index (χ2v) is 6.01. The van der Waals surface area contributed by atoms with E-state index in [2.05, 4.69) is 43.1 Å². The molecule has 0 aromatic heterocycles. The van der Waals surface area contributed by atoms with Crippen LogP contribution in [0.4, 0.5) is 0 Å². The number of rotatable bonds is 8. The normalized spacial score (nSPS) is 23.5. The lowest BCUT2D eigenvalue weighted by Crippen LogP contribution is -2.45. The largest absolute Gasteiger partial charge is 0.315 e. The van der Waals surface area contributed by atoms with Crippen molar-refractivity contribution in [2.45, 2.75) is 58.0 Å². The van der Waals surface area contributed by atoms with E-state index in [0.717, 1.165) is 12.6 Å². The number of nitrogens with one attached hydrogen (secondary N) is 1. The molecule has 0 aliphatic carbocycles. The molecule has 3 nitrogen and oxygen atoms in total. The van der Waals surface area contributed by atoms with E-state index < -0.39 is 0 Å². The molecule has 2 atom stereocenters. The van der Waals surface area contributed by atoms with Gasteiger partial charge in [0.25, 0.3) is 0 Å². The van der Waals surface area contributed by atoms with Crippen LogP contribution in [0.2, 0.25) is 0 Å². The third kappa shape index (κ3) is 6.17. The standard InChI is InChI=1S/C15H33N3/c1-5-16-14(2)9-6-7-11-18-12-8-10-15(13-18)17(3)4/h14-16H,5-13H2,1-4H3. The summed E-state index contributed by atoms with van der Waals surface area (Å²) in [7, 11) is 4.43. The molecule has 1 rings (SSSR count). The number of likely N-dealkylation sites (N-methyl/N-ethyl adjacent to an activating group) is 1. The zero-order valence-corrected chi connectivity index (χ0v) is 12.9. The van der Waals surface area contributed by atoms with Gasteiger partial charge in [0.05, 0.1) is 0 Å². The fraction of sp³-hybridized carbons (Fsp3) is 1.00. The topological polar surface area (TPSA) is 18.5 Å². The van der Waals surface area contributed by atoms with Gasteiger partial charge >= 0.3 is 0 Å². The van der Waals surface area contributed by atoms with Gasteiger partial charge in [-0.25, -0.2) is 0 Å². The van der Waals surface area contributed by atoms with Crippen molar-refractivity contribution in [3.05, 3.63) is 0 Å². The van der Waals surface area contributed by atoms with Crippen LogP contribution in [0.1, 0.15) is 46.0 Å². The Kier molecular flexibility index (Phi) is 7.87. The highest BCUT2D eigenvalue weighted by atomic mass is 15.2. The monoisotopic (exact) mass is 255 g/mol. The van der Waals surface area contributed by atoms with Crippen LogP contribution in [-0.4, -0.2) is 62.2 Å². The zero-order chi connectivity index (χ0) is 13.4. The molecule has 0 aromatic rings. The summed E-state index contributed by atoms with van der Waals surface area (Å²) in [5.41, 5.74) is 0. The molecule has 3 heteroatoms. The Balaban J connectivity index is 2.08. The van der Waals surface area contributed by atoms with E-state index in [0.29, 0.717) is 6.04 Å². The van der Waals surface area contributed by atoms with Gasteiger partial charge in [-0.05, 0) is 66.3 Å². The maximum atomic E-state index is 3.49. The fourth-order valence-corrected chi connectivity index (χ4v) is 2.89. The average Bonchev–Trinajstić information content (AvgIpc) is 2.35. The predicted molar refractivity (Wildman–Crippen MR) is 80.1 cm³/mol. The number of hydrogen-bond donors (Lipinski definition) is 1. The van der Waals surface area contributed by atoms with Crippen LogP contribution < -0.4 is 5.32 Å². The van der Waals surface area contributed by atoms with Crippen LogP contribution in [-0.2, 0) is 0 Å². The summed E-state index contributed by atoms with van der Waals surface area (Å²) >= 11 is 0. The van der Waals surface area contributed by atoms with Crippen molar-refractivity contribution in [2.24, 2.45) is 0 Å². The van der Waals surface area contributed by atoms with Crippen LogP contribution in [0.3, 0.4) is 0 Å². The van der Waals surface area contributed by atoms with E-state index in [1.54, 1.807) is 0 Å². The maximum Gasteiger partial charge on any atom is 0.0217 e. The molecule has 1 aliphatic heterocycles. The van der Waals surface area contributed by atoms with E-state index in [1.807, 2.05) is 0 Å². The molecule has 1 N–H and O–H groups in total. The first kappa shape index (κ1) is 15.9. The number of unbranched alkanes of at least 4 members (excludes halogenated alkanes) is 1. The molecule has 18 heavy (non-hydrogen) atoms. The van der Waals surface area contributed by atoms with Crippen LogP contribution in [0, 0.1) is 0 Å². The third-order valence-corrected chi connectivity index (χ3v) is 4.12. The Morgan fingerprint density at radius 2 is 2.11 bits per heavy atom. The quantitative estimate of drug-likeness (QED) is 0.671. The van der Waals surface area contributed by atoms with Gasteiger partial charge < -0.3 is 15.1 Å². The SMILES string of the molecule is CCNC(C)CCCCN1CCCC(N(C)C)C1. The molecule has 0 aromatic carbocycles. The summed E-state index contributed by atoms with van der Waals surface area (Å²) in [5, 5.41) is 3.49. The minimum absolute atomic E-state index is 0.686. The molecular weight excluding hydrogens is 222 g/mol. The molecule has 0 radical (unpaired) electrons. The molecule has 0 amide bonds. The second kappa shape index (κ2) is 8.89. The van der Waals surface area contributed by atoms with E-state index >= 15 is 0 Å². The molecule has 1 saturated heterocycles. The van der Waals surface area contributed by atoms with E-state index in [1.165, 1.54) is 51.7 Å². The Morgan fingerprint density at radius 3 is 2.78 bits per heavy atom. The van der Waals surface area contributed by atoms with Crippen molar-refractivity contribution in [1.82, 2.24) is 15.1 Å². The first-order valence-electron chi connectivity index (χ1n) is 7.75. The Bertz CT molecular complexity index is 206. The van der Waals surface area contributed by atoms with Gasteiger partial charge in [0.1, 0.15) is 0 Å². The van der Waals surface area contributed by atoms with Crippen molar-refractivity contribution in [2.75, 3.05) is 40.3 Å². The fourth-order valence-electron chi connectivity index (χ4n) is 2.89. The molecule has 0 bridgehead atoms. The second-order valence-electron chi connectivity index (χ2n) is 6.01. The van der Waals surface area contributed by atoms with Crippen molar-refractivity contribution in [3.63, 3.8) is 0 Å². The lowest BCUT2D eigenvalue weighted by molar-refractivity contribution is 0.131. The minimum Gasteiger partial charge on any atom is -0.315 e. The summed E-state index contributed by atoms with van der Waals surface area (Å²) < 4.78 is 0. The Labute approximate surface area is 114 Å². The van der Waals surface area contributed by atoms with Crippen LogP contribution in [0.5, 0.6) is 0 Å². The summed E-state index contributed by atoms with van der Waals surface area (Å²) in [6, 6.07) is 1.46. The van der Waals surface area contributed by atoms with Gasteiger partial charge in [-0.15, -0.1) is 0 Å². The summed E-state index contributed by atoms with van der Waals surface area (Å²) in [6.07, 6.45) is 6.78. The maximum absolute atomic E-state index is 3.49. The van der Waals surface area contributed by atoms with Gasteiger partial charge in [0.2, 0.25) is 0 Å². The van der Waals surface area contributed by atoms with Crippen LogP contribution in [0.25, 0.3) is 0 Å². The summed E-state index contributed by atoms with van der Waals surface area (Å²) in [5.74, 6) is 0. The molecule has 108 valence electrons. The van der Waals surface area contributed by atoms with Crippen molar-refractivity contribution in [3.8, 4) is 0 Å². The Hall–Kier alpha value is -0.120. The lowest BCUT2D eigenvalue weighted by atomic mass is 10.0. The number of hydrogen-bond acceptors (Lipinski definition) is 3. The van der Waals surface area contributed by atoms with Gasteiger partial charge in [0, 0.05) is 18.6 Å². The highest BCUT2D eigenvalue weighted by Crippen LogP contribution is 2.14. The molecule has 1 fully saturated rings. The average molecular weight is 255 g/mol. The number of likely N-dealkylation sites (tertiary alicyclic amines) is 1. The zero-order valence-electron chi connectivity index (χ0n) is 12.9. The minimum atomic E-state index is 0.686. The molecule has 1 aliphatic rings. The van der Waals surface area contributed by atoms with Crippen LogP contribution >= 0.6 is 0 Å². The van der Waals surface area contributed by atoms with Gasteiger partial charge in [0.15, 0.2) is 0 Å². The molecule has 1 heterocycles. The highest BCUT2D eigenvalue weighted by molar-refractivity contribution is 4.77. The number of nitrogens with zero attached hydrogens (tertiary/aromatic N) is 2. The van der Waals surface area contributed by atoms with E-state index in [4.69, 9.17) is 0 Å². The summed E-state index contributed by atoms with van der Waals surface area (Å²) in [6.45, 7) is 9.46. The lowest BCUT2D eigenvalue weighted by Gasteiger charge is -2.36. The number of piperidine rings is 1. The van der Waals surface area contributed by atoms with Gasteiger partial charge in [-0.2, -0.15) is 0 Å². The van der Waals surface area contributed by atoms with Gasteiger partial charge in [-0.3, -0.25) is 0 Å². The predicted octanol–water partition coefficient (Wildman–Crippen LogP) is 2.18. The highest BCUT2D eigenvalue weighted by Gasteiger charge is 2.20. The molecule has 0 saturated carbocycles. The van der Waals surface area contributed by atoms with Crippen molar-refractivity contribution in [1.29, 1.82) is 0 Å². The van der Waals surface area contributed by atoms with Crippen molar-refractivity contribution >= 4 is 0 Å². The van der Waals surface area contributed by atoms with E-state index in [-0.39, 0.29) is 0 Å². The van der Waals surface area contributed by atoms with Gasteiger partial charge in [-0.1, -0.05) is 13.3 Å². The smallest absolute Gasteiger partial charge is 0.0217 e. The Morgan fingerprint density at radius 1 is 1.33 bits per heavy atom. The molecule has 2 unspecified atom stereocenters. The molecule has 0 spiro atoms. The van der Waals surface area contributed by atoms with Crippen molar-refractivity contribution < 1.29 is 0 Å². The first-order chi connectivity index (χ1) is 8.63. The first-order valence-corrected chi connectivity index (χ1v) is 7.75. The third-order valence-electron chi connectivity index (χ3n) is 4.12. The summed E-state index contributed by atoms with van der Waals surface area (Å²) in [4.78, 5) is 5.05. The van der Waals surface area contributed by atoms with E-state index in [9.17, 15) is 0 Å².